The predicted octanol–water partition coefficient (Wildman–Crippen LogP) is 5.39. The van der Waals surface area contributed by atoms with Gasteiger partial charge in [0.05, 0.1) is 11.4 Å². The molecule has 0 bridgehead atoms. The van der Waals surface area contributed by atoms with Gasteiger partial charge in [-0.3, -0.25) is 4.79 Å². The van der Waals surface area contributed by atoms with E-state index in [2.05, 4.69) is 9.71 Å². The van der Waals surface area contributed by atoms with Crippen LogP contribution in [0.25, 0.3) is 0 Å². The van der Waals surface area contributed by atoms with Crippen LogP contribution in [-0.4, -0.2) is 23.9 Å². The number of aromatic nitrogens is 2. The number of amides is 1. The van der Waals surface area contributed by atoms with Gasteiger partial charge in [-0.05, 0) is 90.8 Å². The monoisotopic (exact) mass is 576 g/mol. The Labute approximate surface area is 237 Å². The van der Waals surface area contributed by atoms with Crippen molar-refractivity contribution in [2.75, 3.05) is 4.90 Å². The topological polar surface area (TPSA) is 84.3 Å². The van der Waals surface area contributed by atoms with Gasteiger partial charge >= 0.3 is 0 Å². The minimum atomic E-state index is -3.91. The molecule has 0 spiro atoms. The first-order chi connectivity index (χ1) is 19.7. The van der Waals surface area contributed by atoms with E-state index in [0.29, 0.717) is 29.9 Å². The van der Waals surface area contributed by atoms with E-state index >= 15 is 0 Å². The Morgan fingerprint density at radius 1 is 1.07 bits per heavy atom. The van der Waals surface area contributed by atoms with Crippen LogP contribution in [0.1, 0.15) is 53.7 Å². The molecule has 3 atom stereocenters. The molecule has 1 heterocycles. The summed E-state index contributed by atoms with van der Waals surface area (Å²) in [5, 5.41) is 0. The third kappa shape index (κ3) is 5.54. The highest BCUT2D eigenvalue weighted by molar-refractivity contribution is 7.89. The van der Waals surface area contributed by atoms with Crippen LogP contribution in [0.3, 0.4) is 0 Å². The standard InChI is InChI=1S/C31H30F2N4O3S/c1-36-16-15-34-30(36)19-37(31(38)27-18-26(27)24-6-2-3-7-28(24)33)22-12-9-20-5-4-8-29(25(20)17-22)35-41(39,40)23-13-10-21(32)11-14-23/h2-3,6-7,9-17,26-27,29,35H,4-5,8,18-19H2,1H3. The second-order valence-corrected chi connectivity index (χ2v) is 12.5. The van der Waals surface area contributed by atoms with E-state index in [9.17, 15) is 22.0 Å². The van der Waals surface area contributed by atoms with Crippen molar-refractivity contribution in [1.82, 2.24) is 14.3 Å². The minimum absolute atomic E-state index is 0.0123. The Morgan fingerprint density at radius 2 is 1.85 bits per heavy atom. The van der Waals surface area contributed by atoms with Crippen LogP contribution in [0.4, 0.5) is 14.5 Å². The van der Waals surface area contributed by atoms with Gasteiger partial charge in [0.25, 0.3) is 0 Å². The van der Waals surface area contributed by atoms with Gasteiger partial charge in [0.15, 0.2) is 0 Å². The van der Waals surface area contributed by atoms with E-state index in [-0.39, 0.29) is 35.0 Å². The molecule has 0 aliphatic heterocycles. The molecule has 7 nitrogen and oxygen atoms in total. The molecule has 6 rings (SSSR count). The van der Waals surface area contributed by atoms with Gasteiger partial charge < -0.3 is 9.47 Å². The lowest BCUT2D eigenvalue weighted by Gasteiger charge is -2.29. The zero-order valence-corrected chi connectivity index (χ0v) is 23.3. The molecular formula is C31H30F2N4O3S. The maximum absolute atomic E-state index is 14.5. The number of anilines is 1. The normalized spacial score (nSPS) is 19.9. The third-order valence-corrected chi connectivity index (χ3v) is 9.56. The maximum atomic E-state index is 14.5. The van der Waals surface area contributed by atoms with Crippen LogP contribution < -0.4 is 9.62 Å². The van der Waals surface area contributed by atoms with Gasteiger partial charge in [-0.1, -0.05) is 24.3 Å². The first-order valence-electron chi connectivity index (χ1n) is 13.6. The number of benzene rings is 3. The van der Waals surface area contributed by atoms with Crippen molar-refractivity contribution in [3.63, 3.8) is 0 Å². The van der Waals surface area contributed by atoms with Crippen LogP contribution in [0.15, 0.2) is 84.0 Å². The summed E-state index contributed by atoms with van der Waals surface area (Å²) in [6.45, 7) is 0.216. The molecule has 2 aliphatic rings. The van der Waals surface area contributed by atoms with Gasteiger partial charge in [0, 0.05) is 37.1 Å². The average Bonchev–Trinajstić information content (AvgIpc) is 3.65. The number of nitrogens with zero attached hydrogens (tertiary/aromatic N) is 3. The molecule has 3 aromatic carbocycles. The second kappa shape index (κ2) is 10.8. The summed E-state index contributed by atoms with van der Waals surface area (Å²) in [5.74, 6) is -0.819. The number of sulfonamides is 1. The molecule has 212 valence electrons. The molecule has 1 saturated carbocycles. The number of hydrogen-bond acceptors (Lipinski definition) is 4. The molecule has 1 N–H and O–H groups in total. The fourth-order valence-corrected chi connectivity index (χ4v) is 6.97. The highest BCUT2D eigenvalue weighted by Crippen LogP contribution is 2.50. The molecule has 41 heavy (non-hydrogen) atoms. The molecule has 2 aliphatic carbocycles. The lowest BCUT2D eigenvalue weighted by molar-refractivity contribution is -0.120. The molecule has 1 aromatic heterocycles. The summed E-state index contributed by atoms with van der Waals surface area (Å²) in [6, 6.07) is 16.5. The van der Waals surface area contributed by atoms with Crippen molar-refractivity contribution in [3.05, 3.63) is 113 Å². The van der Waals surface area contributed by atoms with E-state index in [0.717, 1.165) is 36.1 Å². The Morgan fingerprint density at radius 3 is 2.59 bits per heavy atom. The van der Waals surface area contributed by atoms with Crippen molar-refractivity contribution >= 4 is 21.6 Å². The minimum Gasteiger partial charge on any atom is -0.337 e. The largest absolute Gasteiger partial charge is 0.337 e. The Balaban J connectivity index is 1.32. The SMILES string of the molecule is Cn1ccnc1CN(C(=O)C1CC1c1ccccc1F)c1ccc2c(c1)C(NS(=O)(=O)c1ccc(F)cc1)CCC2. The van der Waals surface area contributed by atoms with Crippen molar-refractivity contribution in [2.24, 2.45) is 13.0 Å². The first-order valence-corrected chi connectivity index (χ1v) is 15.1. The first kappa shape index (κ1) is 27.3. The van der Waals surface area contributed by atoms with Crippen LogP contribution in [0, 0.1) is 17.6 Å². The molecule has 10 heteroatoms. The van der Waals surface area contributed by atoms with E-state index in [1.807, 2.05) is 36.0 Å². The van der Waals surface area contributed by atoms with Crippen LogP contribution >= 0.6 is 0 Å². The number of carbonyl (C=O) groups is 1. The number of halogens is 2. The highest BCUT2D eigenvalue weighted by atomic mass is 32.2. The number of hydrogen-bond donors (Lipinski definition) is 1. The summed E-state index contributed by atoms with van der Waals surface area (Å²) in [4.78, 5) is 20.0. The van der Waals surface area contributed by atoms with Crippen molar-refractivity contribution < 1.29 is 22.0 Å². The summed E-state index contributed by atoms with van der Waals surface area (Å²) in [5.41, 5.74) is 2.98. The number of imidazole rings is 1. The summed E-state index contributed by atoms with van der Waals surface area (Å²) in [6.07, 6.45) is 6.21. The van der Waals surface area contributed by atoms with Crippen molar-refractivity contribution in [1.29, 1.82) is 0 Å². The molecule has 1 amide bonds. The number of aryl methyl sites for hydroxylation is 2. The van der Waals surface area contributed by atoms with Crippen molar-refractivity contribution in [2.45, 2.75) is 49.1 Å². The van der Waals surface area contributed by atoms with Crippen molar-refractivity contribution in [3.8, 4) is 0 Å². The molecule has 0 saturated heterocycles. The summed E-state index contributed by atoms with van der Waals surface area (Å²) < 4.78 is 58.9. The molecule has 3 unspecified atom stereocenters. The average molecular weight is 577 g/mol. The highest BCUT2D eigenvalue weighted by Gasteiger charge is 2.47. The van der Waals surface area contributed by atoms with Gasteiger partial charge in [-0.25, -0.2) is 26.9 Å². The van der Waals surface area contributed by atoms with E-state index in [1.54, 1.807) is 29.3 Å². The zero-order valence-electron chi connectivity index (χ0n) is 22.5. The van der Waals surface area contributed by atoms with E-state index in [1.165, 1.54) is 18.2 Å². The quantitative estimate of drug-likeness (QED) is 0.305. The maximum Gasteiger partial charge on any atom is 0.241 e. The molecule has 4 aromatic rings. The number of fused-ring (bicyclic) bond motifs is 1. The van der Waals surface area contributed by atoms with Gasteiger partial charge in [-0.2, -0.15) is 0 Å². The molecule has 1 fully saturated rings. The Hall–Kier alpha value is -3.89. The van der Waals surface area contributed by atoms with Crippen LogP contribution in [0.2, 0.25) is 0 Å². The zero-order chi connectivity index (χ0) is 28.7. The number of rotatable bonds is 8. The smallest absolute Gasteiger partial charge is 0.241 e. The lowest BCUT2D eigenvalue weighted by atomic mass is 9.87. The van der Waals surface area contributed by atoms with E-state index in [4.69, 9.17) is 0 Å². The number of carbonyl (C=O) groups excluding carboxylic acids is 1. The second-order valence-electron chi connectivity index (χ2n) is 10.8. The van der Waals surface area contributed by atoms with Gasteiger partial charge in [0.2, 0.25) is 15.9 Å². The molecule has 0 radical (unpaired) electrons. The third-order valence-electron chi connectivity index (χ3n) is 8.08. The fraction of sp³-hybridized carbons (Fsp3) is 0.290. The Kier molecular flexibility index (Phi) is 7.21. The van der Waals surface area contributed by atoms with E-state index < -0.39 is 21.9 Å². The summed E-state index contributed by atoms with van der Waals surface area (Å²) >= 11 is 0. The fourth-order valence-electron chi connectivity index (χ4n) is 5.72. The van der Waals surface area contributed by atoms with Crippen LogP contribution in [0.5, 0.6) is 0 Å². The van der Waals surface area contributed by atoms with Gasteiger partial charge in [0.1, 0.15) is 17.5 Å². The summed E-state index contributed by atoms with van der Waals surface area (Å²) in [7, 11) is -2.05. The lowest BCUT2D eigenvalue weighted by Crippen LogP contribution is -2.34. The van der Waals surface area contributed by atoms with Crippen LogP contribution in [-0.2, 0) is 34.8 Å². The van der Waals surface area contributed by atoms with Gasteiger partial charge in [-0.15, -0.1) is 0 Å². The number of nitrogens with one attached hydrogen (secondary N) is 1. The predicted molar refractivity (Wildman–Crippen MR) is 150 cm³/mol. The molecular weight excluding hydrogens is 546 g/mol. The Bertz CT molecular complexity index is 1700.